The van der Waals surface area contributed by atoms with Crippen LogP contribution in [0.15, 0.2) is 101 Å². The molecular weight excluding hydrogens is 434 g/mol. The van der Waals surface area contributed by atoms with Crippen LogP contribution >= 0.6 is 11.3 Å². The fourth-order valence-corrected chi connectivity index (χ4v) is 4.29. The van der Waals surface area contributed by atoms with Gasteiger partial charge in [0.05, 0.1) is 10.6 Å². The third-order valence-corrected chi connectivity index (χ3v) is 6.23. The third kappa shape index (κ3) is 4.87. The van der Waals surface area contributed by atoms with Crippen molar-refractivity contribution in [3.05, 3.63) is 101 Å². The molecule has 1 aromatic heterocycles. The summed E-state index contributed by atoms with van der Waals surface area (Å²) in [7, 11) is -3.87. The molecule has 0 saturated carbocycles. The van der Waals surface area contributed by atoms with Gasteiger partial charge >= 0.3 is 0 Å². The van der Waals surface area contributed by atoms with Crippen molar-refractivity contribution in [2.75, 3.05) is 5.32 Å². The smallest absolute Gasteiger partial charge is 0.286 e. The average Bonchev–Trinajstić information content (AvgIpc) is 3.24. The molecule has 31 heavy (non-hydrogen) atoms. The highest BCUT2D eigenvalue weighted by atomic mass is 32.2. The summed E-state index contributed by atoms with van der Waals surface area (Å²) in [6.45, 7) is 0. The Labute approximate surface area is 182 Å². The highest BCUT2D eigenvalue weighted by Crippen LogP contribution is 2.12. The van der Waals surface area contributed by atoms with Gasteiger partial charge in [-0.3, -0.25) is 4.79 Å². The Balaban J connectivity index is 1.70. The summed E-state index contributed by atoms with van der Waals surface area (Å²) in [5.41, 5.74) is 1.26. The maximum absolute atomic E-state index is 12.7. The molecule has 0 unspecified atom stereocenters. The first-order valence-corrected chi connectivity index (χ1v) is 11.5. The molecule has 156 valence electrons. The van der Waals surface area contributed by atoms with Crippen LogP contribution in [0, 0.1) is 0 Å². The number of para-hydroxylation sites is 2. The van der Waals surface area contributed by atoms with Crippen molar-refractivity contribution in [3.63, 3.8) is 0 Å². The topological polar surface area (TPSA) is 105 Å². The first-order valence-electron chi connectivity index (χ1n) is 9.15. The van der Waals surface area contributed by atoms with E-state index in [-0.39, 0.29) is 14.7 Å². The summed E-state index contributed by atoms with van der Waals surface area (Å²) in [6.07, 6.45) is 0. The second-order valence-corrected chi connectivity index (χ2v) is 8.89. The van der Waals surface area contributed by atoms with Crippen LogP contribution in [0.25, 0.3) is 5.69 Å². The molecule has 0 aliphatic heterocycles. The molecule has 0 atom stereocenters. The van der Waals surface area contributed by atoms with Gasteiger partial charge in [0.2, 0.25) is 9.81 Å². The number of carbonyl (C=O) groups excluding carboxylic acids is 1. The molecule has 1 amide bonds. The Morgan fingerprint density at radius 2 is 1.45 bits per heavy atom. The lowest BCUT2D eigenvalue weighted by molar-refractivity contribution is 0.102. The van der Waals surface area contributed by atoms with Crippen molar-refractivity contribution in [1.82, 2.24) is 14.6 Å². The maximum Gasteiger partial charge on any atom is 0.286 e. The predicted octanol–water partition coefficient (Wildman–Crippen LogP) is 2.98. The standard InChI is InChI=1S/C21H17N5O3S2/c27-19(22-16-10-4-1-5-11-16)20-24-26(17-12-6-2-7-13-17)21(30-20)23-25-31(28,29)18-14-8-3-9-15-18/h1-15,25H,(H,22,27)/b23-21+. The van der Waals surface area contributed by atoms with Crippen LogP contribution in [0.5, 0.6) is 0 Å². The monoisotopic (exact) mass is 451 g/mol. The van der Waals surface area contributed by atoms with Crippen molar-refractivity contribution in [2.45, 2.75) is 4.90 Å². The molecule has 2 N–H and O–H groups in total. The minimum Gasteiger partial charge on any atom is -0.320 e. The molecule has 0 aliphatic rings. The van der Waals surface area contributed by atoms with Crippen LogP contribution in [0.1, 0.15) is 9.80 Å². The number of amides is 1. The Kier molecular flexibility index (Phi) is 5.92. The van der Waals surface area contributed by atoms with E-state index in [0.717, 1.165) is 11.3 Å². The molecule has 0 fully saturated rings. The summed E-state index contributed by atoms with van der Waals surface area (Å²) in [5, 5.41) is 11.3. The predicted molar refractivity (Wildman–Crippen MR) is 118 cm³/mol. The molecule has 0 aliphatic carbocycles. The van der Waals surface area contributed by atoms with E-state index in [1.165, 1.54) is 16.8 Å². The van der Waals surface area contributed by atoms with Crippen molar-refractivity contribution in [3.8, 4) is 5.69 Å². The van der Waals surface area contributed by atoms with E-state index < -0.39 is 15.9 Å². The minimum absolute atomic E-state index is 0.0802. The fourth-order valence-electron chi connectivity index (χ4n) is 2.64. The zero-order valence-electron chi connectivity index (χ0n) is 16.0. The summed E-state index contributed by atoms with van der Waals surface area (Å²) in [6, 6.07) is 25.9. The quantitative estimate of drug-likeness (QED) is 0.440. The second-order valence-electron chi connectivity index (χ2n) is 6.28. The molecule has 1 heterocycles. The first kappa shape index (κ1) is 20.5. The van der Waals surface area contributed by atoms with Gasteiger partial charge in [0.15, 0.2) is 0 Å². The van der Waals surface area contributed by atoms with Crippen molar-refractivity contribution in [1.29, 1.82) is 0 Å². The van der Waals surface area contributed by atoms with E-state index in [4.69, 9.17) is 0 Å². The van der Waals surface area contributed by atoms with Gasteiger partial charge < -0.3 is 5.32 Å². The zero-order chi connectivity index (χ0) is 21.7. The van der Waals surface area contributed by atoms with E-state index in [2.05, 4.69) is 20.3 Å². The molecule has 10 heteroatoms. The van der Waals surface area contributed by atoms with Crippen molar-refractivity contribution < 1.29 is 13.2 Å². The highest BCUT2D eigenvalue weighted by Gasteiger charge is 2.16. The Bertz CT molecular complexity index is 1350. The van der Waals surface area contributed by atoms with Crippen LogP contribution in [-0.4, -0.2) is 24.1 Å². The van der Waals surface area contributed by atoms with Gasteiger partial charge in [0.25, 0.3) is 15.9 Å². The van der Waals surface area contributed by atoms with Gasteiger partial charge in [0, 0.05) is 5.69 Å². The van der Waals surface area contributed by atoms with E-state index in [1.807, 2.05) is 24.3 Å². The lowest BCUT2D eigenvalue weighted by atomic mass is 10.3. The molecule has 4 rings (SSSR count). The summed E-state index contributed by atoms with van der Waals surface area (Å²) in [4.78, 5) is 15.2. The van der Waals surface area contributed by atoms with Crippen LogP contribution < -0.4 is 14.9 Å². The zero-order valence-corrected chi connectivity index (χ0v) is 17.7. The number of sulfonamides is 1. The van der Waals surface area contributed by atoms with Gasteiger partial charge in [-0.2, -0.15) is 13.2 Å². The number of anilines is 1. The van der Waals surface area contributed by atoms with E-state index in [1.54, 1.807) is 54.6 Å². The highest BCUT2D eigenvalue weighted by molar-refractivity contribution is 7.89. The van der Waals surface area contributed by atoms with Crippen LogP contribution in [0.2, 0.25) is 0 Å². The molecule has 8 nitrogen and oxygen atoms in total. The van der Waals surface area contributed by atoms with Gasteiger partial charge in [-0.15, -0.1) is 10.2 Å². The van der Waals surface area contributed by atoms with Crippen LogP contribution in [0.4, 0.5) is 5.69 Å². The van der Waals surface area contributed by atoms with Crippen molar-refractivity contribution in [2.24, 2.45) is 5.10 Å². The Hall–Kier alpha value is -3.76. The molecule has 4 aromatic rings. The number of nitrogens with one attached hydrogen (secondary N) is 2. The molecule has 3 aromatic carbocycles. The molecular formula is C21H17N5O3S2. The first-order chi connectivity index (χ1) is 15.0. The molecule has 0 spiro atoms. The summed E-state index contributed by atoms with van der Waals surface area (Å²) >= 11 is 0.964. The number of hydrogen-bond acceptors (Lipinski definition) is 6. The Morgan fingerprint density at radius 1 is 0.871 bits per heavy atom. The van der Waals surface area contributed by atoms with E-state index in [9.17, 15) is 13.2 Å². The van der Waals surface area contributed by atoms with E-state index in [0.29, 0.717) is 11.4 Å². The lowest BCUT2D eigenvalue weighted by Crippen LogP contribution is -2.24. The van der Waals surface area contributed by atoms with Crippen LogP contribution in [-0.2, 0) is 10.0 Å². The van der Waals surface area contributed by atoms with Crippen LogP contribution in [0.3, 0.4) is 0 Å². The Morgan fingerprint density at radius 3 is 2.10 bits per heavy atom. The summed E-state index contributed by atoms with van der Waals surface area (Å²) < 4.78 is 26.5. The van der Waals surface area contributed by atoms with Gasteiger partial charge in [-0.1, -0.05) is 65.9 Å². The number of nitrogens with zero attached hydrogens (tertiary/aromatic N) is 3. The number of rotatable bonds is 6. The lowest BCUT2D eigenvalue weighted by Gasteiger charge is -2.03. The number of hydrogen-bond donors (Lipinski definition) is 2. The number of carbonyl (C=O) groups is 1. The molecule has 0 radical (unpaired) electrons. The molecule has 0 saturated heterocycles. The maximum atomic E-state index is 12.7. The van der Waals surface area contributed by atoms with E-state index >= 15 is 0 Å². The molecule has 0 bridgehead atoms. The SMILES string of the molecule is O=C(Nc1ccccc1)c1nn(-c2ccccc2)/c(=N\NS(=O)(=O)c2ccccc2)s1. The third-order valence-electron chi connectivity index (χ3n) is 4.10. The second kappa shape index (κ2) is 8.94. The fraction of sp³-hybridized carbons (Fsp3) is 0. The average molecular weight is 452 g/mol. The van der Waals surface area contributed by atoms with Gasteiger partial charge in [-0.25, -0.2) is 4.68 Å². The van der Waals surface area contributed by atoms with Gasteiger partial charge in [0.1, 0.15) is 0 Å². The number of benzene rings is 3. The summed E-state index contributed by atoms with van der Waals surface area (Å²) in [5.74, 6) is -0.423. The largest absolute Gasteiger partial charge is 0.320 e. The van der Waals surface area contributed by atoms with Crippen molar-refractivity contribution >= 4 is 33.0 Å². The normalized spacial score (nSPS) is 11.8. The minimum atomic E-state index is -3.87. The number of aromatic nitrogens is 2. The van der Waals surface area contributed by atoms with Gasteiger partial charge in [-0.05, 0) is 36.4 Å².